The second-order valence-corrected chi connectivity index (χ2v) is 6.62. The van der Waals surface area contributed by atoms with Crippen LogP contribution in [0.1, 0.15) is 41.9 Å². The second-order valence-electron chi connectivity index (χ2n) is 6.62. The first-order valence-corrected chi connectivity index (χ1v) is 9.04. The van der Waals surface area contributed by atoms with Crippen LogP contribution in [-0.2, 0) is 6.54 Å². The van der Waals surface area contributed by atoms with Crippen LogP contribution in [0.3, 0.4) is 0 Å². The maximum absolute atomic E-state index is 13.1. The molecule has 1 aliphatic rings. The molecule has 3 aromatic rings. The van der Waals surface area contributed by atoms with Crippen molar-refractivity contribution in [1.82, 2.24) is 34.7 Å². The zero-order valence-electron chi connectivity index (χ0n) is 15.1. The average Bonchev–Trinajstić information content (AvgIpc) is 3.39. The van der Waals surface area contributed by atoms with Crippen LogP contribution in [0.5, 0.6) is 5.75 Å². The summed E-state index contributed by atoms with van der Waals surface area (Å²) in [5.41, 5.74) is 0.874. The van der Waals surface area contributed by atoms with Crippen LogP contribution in [0.15, 0.2) is 36.9 Å². The number of likely N-dealkylation sites (tertiary alicyclic amines) is 1. The van der Waals surface area contributed by atoms with Crippen molar-refractivity contribution in [1.29, 1.82) is 0 Å². The number of phenolic OH excluding ortho intramolecular Hbond substituents is 1. The summed E-state index contributed by atoms with van der Waals surface area (Å²) >= 11 is 0. The Hall–Kier alpha value is -3.23. The lowest BCUT2D eigenvalue weighted by Gasteiger charge is -2.33. The molecule has 1 aliphatic heterocycles. The van der Waals surface area contributed by atoms with Crippen molar-refractivity contribution in [3.05, 3.63) is 48.3 Å². The summed E-state index contributed by atoms with van der Waals surface area (Å²) in [4.78, 5) is 19.4. The lowest BCUT2D eigenvalue weighted by atomic mass is 9.96. The number of aryl methyl sites for hydroxylation is 1. The molecular weight excluding hydrogens is 346 g/mol. The van der Waals surface area contributed by atoms with E-state index in [1.54, 1.807) is 23.2 Å². The Morgan fingerprint density at radius 2 is 2.26 bits per heavy atom. The van der Waals surface area contributed by atoms with Gasteiger partial charge in [-0.3, -0.25) is 4.79 Å². The van der Waals surface area contributed by atoms with Crippen LogP contribution in [0, 0.1) is 0 Å². The number of hydrogen-bond acceptors (Lipinski definition) is 6. The molecular formula is C18H21N7O2. The van der Waals surface area contributed by atoms with Crippen LogP contribution in [0.4, 0.5) is 0 Å². The first-order valence-electron chi connectivity index (χ1n) is 9.04. The number of aromatic hydroxyl groups is 1. The molecule has 0 saturated carbocycles. The van der Waals surface area contributed by atoms with Crippen LogP contribution in [-0.4, -0.2) is 58.8 Å². The third kappa shape index (κ3) is 3.27. The van der Waals surface area contributed by atoms with E-state index in [2.05, 4.69) is 32.0 Å². The number of tetrazole rings is 1. The van der Waals surface area contributed by atoms with Crippen molar-refractivity contribution in [2.45, 2.75) is 32.2 Å². The molecule has 1 unspecified atom stereocenters. The molecule has 2 aromatic heterocycles. The van der Waals surface area contributed by atoms with Crippen LogP contribution >= 0.6 is 0 Å². The smallest absolute Gasteiger partial charge is 0.257 e. The van der Waals surface area contributed by atoms with E-state index in [0.717, 1.165) is 25.2 Å². The van der Waals surface area contributed by atoms with Crippen molar-refractivity contribution in [2.24, 2.45) is 0 Å². The number of amides is 1. The van der Waals surface area contributed by atoms with E-state index in [1.165, 1.54) is 17.1 Å². The van der Waals surface area contributed by atoms with Crippen molar-refractivity contribution >= 4 is 5.91 Å². The summed E-state index contributed by atoms with van der Waals surface area (Å²) in [6.45, 7) is 4.19. The van der Waals surface area contributed by atoms with Crippen LogP contribution < -0.4 is 0 Å². The Bertz CT molecular complexity index is 935. The molecule has 9 heteroatoms. The number of hydrogen-bond donors (Lipinski definition) is 1. The summed E-state index contributed by atoms with van der Waals surface area (Å²) in [6.07, 6.45) is 7.12. The summed E-state index contributed by atoms with van der Waals surface area (Å²) in [6, 6.07) is 4.78. The van der Waals surface area contributed by atoms with E-state index in [0.29, 0.717) is 18.8 Å². The molecule has 0 aliphatic carbocycles. The van der Waals surface area contributed by atoms with E-state index in [1.807, 2.05) is 6.20 Å². The summed E-state index contributed by atoms with van der Waals surface area (Å²) in [5, 5.41) is 21.3. The Morgan fingerprint density at radius 3 is 3.04 bits per heavy atom. The Kier molecular flexibility index (Phi) is 4.57. The molecule has 3 heterocycles. The summed E-state index contributed by atoms with van der Waals surface area (Å²) in [5.74, 6) is 0.972. The van der Waals surface area contributed by atoms with Gasteiger partial charge in [-0.05, 0) is 48.4 Å². The monoisotopic (exact) mass is 367 g/mol. The van der Waals surface area contributed by atoms with Gasteiger partial charge < -0.3 is 14.6 Å². The third-order valence-corrected chi connectivity index (χ3v) is 4.99. The van der Waals surface area contributed by atoms with Gasteiger partial charge in [0, 0.05) is 37.9 Å². The highest BCUT2D eigenvalue weighted by Crippen LogP contribution is 2.29. The zero-order chi connectivity index (χ0) is 18.8. The van der Waals surface area contributed by atoms with Gasteiger partial charge >= 0.3 is 0 Å². The van der Waals surface area contributed by atoms with Crippen molar-refractivity contribution in [3.63, 3.8) is 0 Å². The Morgan fingerprint density at radius 1 is 1.37 bits per heavy atom. The highest BCUT2D eigenvalue weighted by molar-refractivity contribution is 5.97. The summed E-state index contributed by atoms with van der Waals surface area (Å²) < 4.78 is 3.57. The molecule has 0 bridgehead atoms. The third-order valence-electron chi connectivity index (χ3n) is 4.99. The molecule has 0 spiro atoms. The molecule has 27 heavy (non-hydrogen) atoms. The standard InChI is InChI=1S/C18H21N7O2/c1-2-23-9-7-19-17(23)13-4-3-8-24(11-13)18(27)15-10-14(5-6-16(15)26)25-12-20-21-22-25/h5-7,9-10,12-13,26H,2-4,8,11H2,1H3. The number of piperidine rings is 1. The number of phenols is 1. The van der Waals surface area contributed by atoms with Gasteiger partial charge in [-0.15, -0.1) is 5.10 Å². The van der Waals surface area contributed by atoms with E-state index in [4.69, 9.17) is 0 Å². The molecule has 140 valence electrons. The predicted octanol–water partition coefficient (Wildman–Crippen LogP) is 1.60. The van der Waals surface area contributed by atoms with Gasteiger partial charge in [-0.25, -0.2) is 9.67 Å². The van der Waals surface area contributed by atoms with Gasteiger partial charge in [0.25, 0.3) is 5.91 Å². The molecule has 1 fully saturated rings. The zero-order valence-corrected chi connectivity index (χ0v) is 15.1. The topological polar surface area (TPSA) is 102 Å². The van der Waals surface area contributed by atoms with Gasteiger partial charge in [0.1, 0.15) is 17.9 Å². The highest BCUT2D eigenvalue weighted by Gasteiger charge is 2.29. The van der Waals surface area contributed by atoms with Crippen LogP contribution in [0.2, 0.25) is 0 Å². The lowest BCUT2D eigenvalue weighted by molar-refractivity contribution is 0.0700. The van der Waals surface area contributed by atoms with Gasteiger partial charge in [-0.2, -0.15) is 0 Å². The number of aromatic nitrogens is 6. The quantitative estimate of drug-likeness (QED) is 0.751. The largest absolute Gasteiger partial charge is 0.507 e. The molecule has 1 atom stereocenters. The Labute approximate surface area is 156 Å². The molecule has 1 amide bonds. The number of nitrogens with zero attached hydrogens (tertiary/aromatic N) is 7. The molecule has 4 rings (SSSR count). The normalized spacial score (nSPS) is 17.2. The fraction of sp³-hybridized carbons (Fsp3) is 0.389. The highest BCUT2D eigenvalue weighted by atomic mass is 16.3. The maximum Gasteiger partial charge on any atom is 0.257 e. The number of benzene rings is 1. The van der Waals surface area contributed by atoms with E-state index < -0.39 is 0 Å². The van der Waals surface area contributed by atoms with Crippen molar-refractivity contribution < 1.29 is 9.90 Å². The Balaban J connectivity index is 1.58. The minimum Gasteiger partial charge on any atom is -0.507 e. The molecule has 0 radical (unpaired) electrons. The van der Waals surface area contributed by atoms with Gasteiger partial charge in [0.2, 0.25) is 0 Å². The number of imidazole rings is 1. The van der Waals surface area contributed by atoms with E-state index >= 15 is 0 Å². The average molecular weight is 367 g/mol. The fourth-order valence-corrected chi connectivity index (χ4v) is 3.61. The van der Waals surface area contributed by atoms with E-state index in [9.17, 15) is 9.90 Å². The first-order chi connectivity index (χ1) is 13.2. The SMILES string of the molecule is CCn1ccnc1C1CCCN(C(=O)c2cc(-n3cnnn3)ccc2O)C1. The molecule has 1 N–H and O–H groups in total. The predicted molar refractivity (Wildman–Crippen MR) is 96.6 cm³/mol. The molecule has 1 saturated heterocycles. The lowest BCUT2D eigenvalue weighted by Crippen LogP contribution is -2.39. The number of rotatable bonds is 4. The van der Waals surface area contributed by atoms with Gasteiger partial charge in [-0.1, -0.05) is 0 Å². The molecule has 1 aromatic carbocycles. The van der Waals surface area contributed by atoms with Gasteiger partial charge in [0.05, 0.1) is 11.3 Å². The minimum absolute atomic E-state index is 0.0472. The fourth-order valence-electron chi connectivity index (χ4n) is 3.61. The molecule has 9 nitrogen and oxygen atoms in total. The summed E-state index contributed by atoms with van der Waals surface area (Å²) in [7, 11) is 0. The first kappa shape index (κ1) is 17.2. The van der Waals surface area contributed by atoms with Crippen LogP contribution in [0.25, 0.3) is 5.69 Å². The number of carbonyl (C=O) groups is 1. The minimum atomic E-state index is -0.193. The van der Waals surface area contributed by atoms with E-state index in [-0.39, 0.29) is 23.1 Å². The van der Waals surface area contributed by atoms with Crippen molar-refractivity contribution in [3.8, 4) is 11.4 Å². The van der Waals surface area contributed by atoms with Crippen molar-refractivity contribution in [2.75, 3.05) is 13.1 Å². The van der Waals surface area contributed by atoms with Gasteiger partial charge in [0.15, 0.2) is 0 Å². The second kappa shape index (κ2) is 7.18. The number of carbonyl (C=O) groups excluding carboxylic acids is 1. The maximum atomic E-state index is 13.1.